The lowest BCUT2D eigenvalue weighted by atomic mass is 9.85. The SMILES string of the molecule is Cc1cc(N)c(OC(C)C)cc1C1=CC(C2CC2)N(C)C(C2CC2)C1. The molecule has 1 aromatic carbocycles. The van der Waals surface area contributed by atoms with Crippen molar-refractivity contribution in [3.8, 4) is 5.75 Å². The average Bonchev–Trinajstić information content (AvgIpc) is 3.43. The summed E-state index contributed by atoms with van der Waals surface area (Å²) in [6, 6.07) is 5.60. The van der Waals surface area contributed by atoms with Crippen LogP contribution in [-0.2, 0) is 0 Å². The van der Waals surface area contributed by atoms with Crippen molar-refractivity contribution in [3.05, 3.63) is 29.3 Å². The van der Waals surface area contributed by atoms with Crippen molar-refractivity contribution in [2.45, 2.75) is 71.1 Å². The quantitative estimate of drug-likeness (QED) is 0.794. The molecule has 0 amide bonds. The van der Waals surface area contributed by atoms with Crippen LogP contribution in [0.4, 0.5) is 5.69 Å². The zero-order valence-corrected chi connectivity index (χ0v) is 16.1. The number of anilines is 1. The summed E-state index contributed by atoms with van der Waals surface area (Å²) >= 11 is 0. The standard InChI is InChI=1S/C22H32N2O/c1-13(2)25-22-12-18(14(3)9-19(22)23)17-10-20(15-5-6-15)24(4)21(11-17)16-7-8-16/h9-10,12-13,15-16,20-21H,5-8,11,23H2,1-4H3. The molecule has 1 aliphatic heterocycles. The number of rotatable bonds is 5. The molecular weight excluding hydrogens is 308 g/mol. The third-order valence-electron chi connectivity index (χ3n) is 6.13. The summed E-state index contributed by atoms with van der Waals surface area (Å²) in [5.74, 6) is 2.60. The highest BCUT2D eigenvalue weighted by Gasteiger charge is 2.43. The average molecular weight is 341 g/mol. The second-order valence-corrected chi connectivity index (χ2v) is 8.67. The molecule has 2 aliphatic carbocycles. The predicted molar refractivity (Wildman–Crippen MR) is 105 cm³/mol. The number of hydrogen-bond donors (Lipinski definition) is 1. The third-order valence-corrected chi connectivity index (χ3v) is 6.13. The van der Waals surface area contributed by atoms with Gasteiger partial charge in [-0.1, -0.05) is 6.08 Å². The van der Waals surface area contributed by atoms with Gasteiger partial charge in [-0.15, -0.1) is 0 Å². The van der Waals surface area contributed by atoms with Crippen LogP contribution in [0.5, 0.6) is 5.75 Å². The molecule has 2 unspecified atom stereocenters. The summed E-state index contributed by atoms with van der Waals surface area (Å²) < 4.78 is 5.96. The van der Waals surface area contributed by atoms with Crippen LogP contribution in [0.1, 0.15) is 57.1 Å². The van der Waals surface area contributed by atoms with Gasteiger partial charge >= 0.3 is 0 Å². The number of hydrogen-bond acceptors (Lipinski definition) is 3. The Morgan fingerprint density at radius 3 is 2.40 bits per heavy atom. The molecule has 0 bridgehead atoms. The van der Waals surface area contributed by atoms with Crippen molar-refractivity contribution in [3.63, 3.8) is 0 Å². The fraction of sp³-hybridized carbons (Fsp3) is 0.636. The molecule has 1 aromatic rings. The van der Waals surface area contributed by atoms with Crippen LogP contribution < -0.4 is 10.5 Å². The molecule has 25 heavy (non-hydrogen) atoms. The van der Waals surface area contributed by atoms with Crippen molar-refractivity contribution < 1.29 is 4.74 Å². The molecule has 0 radical (unpaired) electrons. The lowest BCUT2D eigenvalue weighted by molar-refractivity contribution is 0.160. The monoisotopic (exact) mass is 340 g/mol. The van der Waals surface area contributed by atoms with Gasteiger partial charge in [-0.3, -0.25) is 4.90 Å². The summed E-state index contributed by atoms with van der Waals surface area (Å²) in [7, 11) is 2.35. The minimum absolute atomic E-state index is 0.141. The first-order valence-electron chi connectivity index (χ1n) is 9.93. The van der Waals surface area contributed by atoms with E-state index in [0.29, 0.717) is 12.1 Å². The molecule has 0 saturated heterocycles. The lowest BCUT2D eigenvalue weighted by Crippen LogP contribution is -2.44. The molecule has 2 saturated carbocycles. The summed E-state index contributed by atoms with van der Waals surface area (Å²) in [6.45, 7) is 6.29. The number of benzene rings is 1. The first-order chi connectivity index (χ1) is 11.9. The van der Waals surface area contributed by atoms with Crippen molar-refractivity contribution in [1.29, 1.82) is 0 Å². The van der Waals surface area contributed by atoms with Crippen LogP contribution in [0, 0.1) is 18.8 Å². The smallest absolute Gasteiger partial charge is 0.143 e. The van der Waals surface area contributed by atoms with Gasteiger partial charge < -0.3 is 10.5 Å². The molecule has 3 heteroatoms. The summed E-state index contributed by atoms with van der Waals surface area (Å²) in [5, 5.41) is 0. The van der Waals surface area contributed by atoms with Crippen LogP contribution in [0.2, 0.25) is 0 Å². The van der Waals surface area contributed by atoms with Crippen LogP contribution >= 0.6 is 0 Å². The number of likely N-dealkylation sites (N-methyl/N-ethyl adjacent to an activating group) is 1. The van der Waals surface area contributed by atoms with E-state index in [1.54, 1.807) is 0 Å². The second kappa shape index (κ2) is 6.35. The summed E-state index contributed by atoms with van der Waals surface area (Å²) in [5.41, 5.74) is 11.1. The molecule has 2 fully saturated rings. The van der Waals surface area contributed by atoms with Crippen LogP contribution in [0.15, 0.2) is 18.2 Å². The maximum atomic E-state index is 6.21. The van der Waals surface area contributed by atoms with Crippen molar-refractivity contribution in [2.24, 2.45) is 11.8 Å². The molecular formula is C22H32N2O. The molecule has 2 N–H and O–H groups in total. The Morgan fingerprint density at radius 2 is 1.80 bits per heavy atom. The normalized spacial score (nSPS) is 27.5. The van der Waals surface area contributed by atoms with Gasteiger partial charge in [0.05, 0.1) is 11.8 Å². The van der Waals surface area contributed by atoms with Gasteiger partial charge in [-0.2, -0.15) is 0 Å². The second-order valence-electron chi connectivity index (χ2n) is 8.67. The molecule has 0 spiro atoms. The highest BCUT2D eigenvalue weighted by Crippen LogP contribution is 2.47. The van der Waals surface area contributed by atoms with E-state index in [1.165, 1.54) is 42.4 Å². The Balaban J connectivity index is 1.70. The Morgan fingerprint density at radius 1 is 1.12 bits per heavy atom. The van der Waals surface area contributed by atoms with E-state index in [-0.39, 0.29) is 6.10 Å². The van der Waals surface area contributed by atoms with Gasteiger partial charge in [0.15, 0.2) is 0 Å². The fourth-order valence-electron chi connectivity index (χ4n) is 4.48. The highest BCUT2D eigenvalue weighted by atomic mass is 16.5. The van der Waals surface area contributed by atoms with E-state index < -0.39 is 0 Å². The molecule has 2 atom stereocenters. The molecule has 3 nitrogen and oxygen atoms in total. The number of nitrogen functional groups attached to an aromatic ring is 1. The van der Waals surface area contributed by atoms with Gasteiger partial charge in [0.25, 0.3) is 0 Å². The number of nitrogens with zero attached hydrogens (tertiary/aromatic N) is 1. The molecule has 3 aliphatic rings. The van der Waals surface area contributed by atoms with Gasteiger partial charge in [0, 0.05) is 12.1 Å². The van der Waals surface area contributed by atoms with Crippen molar-refractivity contribution >= 4 is 11.3 Å². The summed E-state index contributed by atoms with van der Waals surface area (Å²) in [6.07, 6.45) is 9.44. The molecule has 1 heterocycles. The van der Waals surface area contributed by atoms with E-state index >= 15 is 0 Å². The number of aryl methyl sites for hydroxylation is 1. The first-order valence-corrected chi connectivity index (χ1v) is 9.93. The van der Waals surface area contributed by atoms with E-state index in [2.05, 4.69) is 50.9 Å². The first kappa shape index (κ1) is 17.0. The maximum Gasteiger partial charge on any atom is 0.143 e. The topological polar surface area (TPSA) is 38.5 Å². The van der Waals surface area contributed by atoms with Gasteiger partial charge in [-0.25, -0.2) is 0 Å². The number of nitrogens with two attached hydrogens (primary N) is 1. The predicted octanol–water partition coefficient (Wildman–Crippen LogP) is 4.64. The third kappa shape index (κ3) is 3.44. The zero-order chi connectivity index (χ0) is 17.7. The Kier molecular flexibility index (Phi) is 4.31. The molecule has 4 rings (SSSR count). The van der Waals surface area contributed by atoms with Crippen molar-refractivity contribution in [2.75, 3.05) is 12.8 Å². The van der Waals surface area contributed by atoms with Crippen LogP contribution in [0.25, 0.3) is 5.57 Å². The van der Waals surface area contributed by atoms with E-state index in [9.17, 15) is 0 Å². The van der Waals surface area contributed by atoms with E-state index in [4.69, 9.17) is 10.5 Å². The summed E-state index contributed by atoms with van der Waals surface area (Å²) in [4.78, 5) is 2.68. The maximum absolute atomic E-state index is 6.21. The van der Waals surface area contributed by atoms with Crippen LogP contribution in [-0.4, -0.2) is 30.1 Å². The van der Waals surface area contributed by atoms with Crippen molar-refractivity contribution in [1.82, 2.24) is 4.90 Å². The minimum atomic E-state index is 0.141. The minimum Gasteiger partial charge on any atom is -0.489 e. The van der Waals surface area contributed by atoms with Gasteiger partial charge in [0.2, 0.25) is 0 Å². The zero-order valence-electron chi connectivity index (χ0n) is 16.1. The number of ether oxygens (including phenoxy) is 1. The van der Waals surface area contributed by atoms with Gasteiger partial charge in [0.1, 0.15) is 5.75 Å². The van der Waals surface area contributed by atoms with Crippen LogP contribution in [0.3, 0.4) is 0 Å². The van der Waals surface area contributed by atoms with Gasteiger partial charge in [-0.05, 0) is 101 Å². The largest absolute Gasteiger partial charge is 0.489 e. The molecule has 136 valence electrons. The fourth-order valence-corrected chi connectivity index (χ4v) is 4.48. The Bertz CT molecular complexity index is 686. The lowest BCUT2D eigenvalue weighted by Gasteiger charge is -2.39. The van der Waals surface area contributed by atoms with E-state index in [1.807, 2.05) is 0 Å². The Hall–Kier alpha value is -1.48. The Labute approximate surface area is 152 Å². The highest BCUT2D eigenvalue weighted by molar-refractivity contribution is 5.74. The van der Waals surface area contributed by atoms with E-state index in [0.717, 1.165) is 29.7 Å². The molecule has 0 aromatic heterocycles.